The first kappa shape index (κ1) is 13.0. The summed E-state index contributed by atoms with van der Waals surface area (Å²) >= 11 is 0. The number of nitrogens with zero attached hydrogens (tertiary/aromatic N) is 1. The maximum Gasteiger partial charge on any atom is 0.345 e. The van der Waals surface area contributed by atoms with E-state index in [2.05, 4.69) is 10.3 Å². The summed E-state index contributed by atoms with van der Waals surface area (Å²) in [5.74, 6) is -0.0718. The summed E-state index contributed by atoms with van der Waals surface area (Å²) in [7, 11) is 0. The summed E-state index contributed by atoms with van der Waals surface area (Å²) < 4.78 is 0. The van der Waals surface area contributed by atoms with Gasteiger partial charge >= 0.3 is 6.03 Å². The average molecular weight is 254 g/mol. The van der Waals surface area contributed by atoms with Crippen LogP contribution in [0.25, 0.3) is 0 Å². The molecule has 1 aliphatic rings. The Morgan fingerprint density at radius 2 is 1.63 bits per heavy atom. The summed E-state index contributed by atoms with van der Waals surface area (Å²) in [4.78, 5) is 27.1. The highest BCUT2D eigenvalue weighted by molar-refractivity contribution is 6.24. The molecule has 0 spiro atoms. The Kier molecular flexibility index (Phi) is 3.71. The van der Waals surface area contributed by atoms with Crippen LogP contribution in [0.3, 0.4) is 0 Å². The highest BCUT2D eigenvalue weighted by Gasteiger charge is 2.14. The highest BCUT2D eigenvalue weighted by atomic mass is 16.2. The SMILES string of the molecule is CC1=CC(=O)C=C(C)C1=NC(=O)Nc1ccccc1. The number of ketones is 1. The van der Waals surface area contributed by atoms with Gasteiger partial charge in [-0.05, 0) is 49.3 Å². The molecule has 4 heteroatoms. The average Bonchev–Trinajstić information content (AvgIpc) is 2.35. The van der Waals surface area contributed by atoms with Gasteiger partial charge < -0.3 is 5.32 Å². The lowest BCUT2D eigenvalue weighted by molar-refractivity contribution is -0.110. The van der Waals surface area contributed by atoms with Gasteiger partial charge in [0.05, 0.1) is 5.71 Å². The van der Waals surface area contributed by atoms with Crippen molar-refractivity contribution in [2.75, 3.05) is 5.32 Å². The maximum absolute atomic E-state index is 11.8. The van der Waals surface area contributed by atoms with Crippen molar-refractivity contribution >= 4 is 23.2 Å². The minimum Gasteiger partial charge on any atom is -0.306 e. The van der Waals surface area contributed by atoms with Gasteiger partial charge in [-0.15, -0.1) is 0 Å². The molecule has 19 heavy (non-hydrogen) atoms. The first-order chi connectivity index (χ1) is 9.06. The Morgan fingerprint density at radius 1 is 1.05 bits per heavy atom. The molecule has 0 saturated carbocycles. The molecule has 96 valence electrons. The fraction of sp³-hybridized carbons (Fsp3) is 0.133. The standard InChI is InChI=1S/C15H14N2O2/c1-10-8-13(18)9-11(2)14(10)17-15(19)16-12-6-4-3-5-7-12/h3-9H,1-2H3,(H,16,19). The molecule has 4 nitrogen and oxygen atoms in total. The second kappa shape index (κ2) is 5.44. The number of hydrogen-bond donors (Lipinski definition) is 1. The van der Waals surface area contributed by atoms with Crippen molar-refractivity contribution in [1.82, 2.24) is 0 Å². The predicted octanol–water partition coefficient (Wildman–Crippen LogP) is 3.13. The van der Waals surface area contributed by atoms with E-state index < -0.39 is 6.03 Å². The summed E-state index contributed by atoms with van der Waals surface area (Å²) in [6.07, 6.45) is 2.95. The van der Waals surface area contributed by atoms with Crippen LogP contribution in [0.1, 0.15) is 13.8 Å². The van der Waals surface area contributed by atoms with Gasteiger partial charge in [-0.25, -0.2) is 4.79 Å². The van der Waals surface area contributed by atoms with Gasteiger partial charge in [0.25, 0.3) is 0 Å². The predicted molar refractivity (Wildman–Crippen MR) is 75.4 cm³/mol. The molecule has 0 radical (unpaired) electrons. The zero-order valence-electron chi connectivity index (χ0n) is 10.8. The second-order valence-corrected chi connectivity index (χ2v) is 4.31. The first-order valence-electron chi connectivity index (χ1n) is 5.92. The van der Waals surface area contributed by atoms with Gasteiger partial charge in [0.2, 0.25) is 0 Å². The van der Waals surface area contributed by atoms with Crippen LogP contribution < -0.4 is 5.32 Å². The van der Waals surface area contributed by atoms with Gasteiger partial charge in [0.1, 0.15) is 0 Å². The number of allylic oxidation sites excluding steroid dienone is 4. The molecule has 1 N–H and O–H groups in total. The number of nitrogens with one attached hydrogen (secondary N) is 1. The van der Waals surface area contributed by atoms with Crippen molar-refractivity contribution < 1.29 is 9.59 Å². The summed E-state index contributed by atoms with van der Waals surface area (Å²) in [6, 6.07) is 8.66. The van der Waals surface area contributed by atoms with E-state index in [9.17, 15) is 9.59 Å². The molecule has 0 heterocycles. The maximum atomic E-state index is 11.8. The Morgan fingerprint density at radius 3 is 2.21 bits per heavy atom. The van der Waals surface area contributed by atoms with Crippen LogP contribution in [0.2, 0.25) is 0 Å². The lowest BCUT2D eigenvalue weighted by Crippen LogP contribution is -2.15. The lowest BCUT2D eigenvalue weighted by atomic mass is 9.97. The number of carbonyl (C=O) groups excluding carboxylic acids is 2. The number of hydrogen-bond acceptors (Lipinski definition) is 2. The molecule has 0 atom stereocenters. The van der Waals surface area contributed by atoms with Crippen molar-refractivity contribution in [3.63, 3.8) is 0 Å². The lowest BCUT2D eigenvalue weighted by Gasteiger charge is -2.11. The molecule has 0 fully saturated rings. The molecule has 1 aromatic rings. The number of anilines is 1. The number of urea groups is 1. The van der Waals surface area contributed by atoms with Gasteiger partial charge in [-0.3, -0.25) is 4.79 Å². The van der Waals surface area contributed by atoms with Crippen molar-refractivity contribution in [3.8, 4) is 0 Å². The Labute approximate surface area is 111 Å². The van der Waals surface area contributed by atoms with Crippen LogP contribution in [0.4, 0.5) is 10.5 Å². The highest BCUT2D eigenvalue weighted by Crippen LogP contribution is 2.14. The number of para-hydroxylation sites is 1. The van der Waals surface area contributed by atoms with Crippen molar-refractivity contribution in [2.24, 2.45) is 4.99 Å². The van der Waals surface area contributed by atoms with E-state index in [1.165, 1.54) is 12.2 Å². The fourth-order valence-corrected chi connectivity index (χ4v) is 1.87. The molecular weight excluding hydrogens is 240 g/mol. The van der Waals surface area contributed by atoms with E-state index >= 15 is 0 Å². The van der Waals surface area contributed by atoms with E-state index in [1.807, 2.05) is 18.2 Å². The molecule has 2 amide bonds. The summed E-state index contributed by atoms with van der Waals surface area (Å²) in [5.41, 5.74) is 2.64. The summed E-state index contributed by atoms with van der Waals surface area (Å²) in [5, 5.41) is 2.68. The van der Waals surface area contributed by atoms with Crippen LogP contribution in [0.15, 0.2) is 58.6 Å². The normalized spacial score (nSPS) is 14.6. The molecule has 0 saturated heterocycles. The van der Waals surface area contributed by atoms with E-state index in [1.54, 1.807) is 26.0 Å². The zero-order valence-corrected chi connectivity index (χ0v) is 10.8. The van der Waals surface area contributed by atoms with Crippen molar-refractivity contribution in [3.05, 3.63) is 53.6 Å². The number of rotatable bonds is 1. The number of carbonyl (C=O) groups is 2. The number of aliphatic imine (C=N–C) groups is 1. The van der Waals surface area contributed by atoms with Gasteiger partial charge in [-0.2, -0.15) is 4.99 Å². The van der Waals surface area contributed by atoms with E-state index in [0.717, 1.165) is 0 Å². The minimum atomic E-state index is -0.448. The van der Waals surface area contributed by atoms with Crippen molar-refractivity contribution in [1.29, 1.82) is 0 Å². The molecule has 1 aromatic carbocycles. The summed E-state index contributed by atoms with van der Waals surface area (Å²) in [6.45, 7) is 3.53. The third kappa shape index (κ3) is 3.25. The van der Waals surface area contributed by atoms with E-state index in [0.29, 0.717) is 22.5 Å². The fourth-order valence-electron chi connectivity index (χ4n) is 1.87. The van der Waals surface area contributed by atoms with E-state index in [4.69, 9.17) is 0 Å². The smallest absolute Gasteiger partial charge is 0.306 e. The van der Waals surface area contributed by atoms with Gasteiger partial charge in [0, 0.05) is 5.69 Å². The third-order valence-corrected chi connectivity index (χ3v) is 2.70. The molecule has 2 rings (SSSR count). The van der Waals surface area contributed by atoms with E-state index in [-0.39, 0.29) is 5.78 Å². The van der Waals surface area contributed by atoms with Crippen molar-refractivity contribution in [2.45, 2.75) is 13.8 Å². The number of benzene rings is 1. The van der Waals surface area contributed by atoms with Gasteiger partial charge in [0.15, 0.2) is 5.78 Å². The first-order valence-corrected chi connectivity index (χ1v) is 5.92. The largest absolute Gasteiger partial charge is 0.345 e. The Hall–Kier alpha value is -2.49. The van der Waals surface area contributed by atoms with Crippen LogP contribution in [0, 0.1) is 0 Å². The van der Waals surface area contributed by atoms with Gasteiger partial charge in [-0.1, -0.05) is 18.2 Å². The van der Waals surface area contributed by atoms with Crippen LogP contribution >= 0.6 is 0 Å². The Bertz CT molecular complexity index is 586. The molecule has 1 aliphatic carbocycles. The van der Waals surface area contributed by atoms with Crippen LogP contribution in [-0.4, -0.2) is 17.5 Å². The number of amides is 2. The Balaban J connectivity index is 2.17. The second-order valence-electron chi connectivity index (χ2n) is 4.31. The minimum absolute atomic E-state index is 0.0718. The molecule has 0 aromatic heterocycles. The van der Waals surface area contributed by atoms with Crippen LogP contribution in [0.5, 0.6) is 0 Å². The molecule has 0 unspecified atom stereocenters. The topological polar surface area (TPSA) is 58.5 Å². The quantitative estimate of drug-likeness (QED) is 0.783. The zero-order chi connectivity index (χ0) is 13.8. The molecule has 0 bridgehead atoms. The molecular formula is C15H14N2O2. The monoisotopic (exact) mass is 254 g/mol. The molecule has 0 aliphatic heterocycles. The third-order valence-electron chi connectivity index (χ3n) is 2.70. The van der Waals surface area contributed by atoms with Crippen LogP contribution in [-0.2, 0) is 4.79 Å².